The lowest BCUT2D eigenvalue weighted by molar-refractivity contribution is -0.384. The average molecular weight is 420 g/mol. The zero-order valence-corrected chi connectivity index (χ0v) is 17.4. The van der Waals surface area contributed by atoms with E-state index in [2.05, 4.69) is 5.32 Å². The summed E-state index contributed by atoms with van der Waals surface area (Å²) >= 11 is 0. The van der Waals surface area contributed by atoms with Gasteiger partial charge in [0.1, 0.15) is 11.5 Å². The Morgan fingerprint density at radius 1 is 1.06 bits per heavy atom. The van der Waals surface area contributed by atoms with Crippen LogP contribution in [-0.4, -0.2) is 30.6 Å². The molecule has 0 radical (unpaired) electrons. The number of methoxy groups -OCH3 is 1. The van der Waals surface area contributed by atoms with E-state index in [1.807, 2.05) is 30.3 Å². The van der Waals surface area contributed by atoms with Crippen molar-refractivity contribution in [3.63, 3.8) is 0 Å². The van der Waals surface area contributed by atoms with Gasteiger partial charge in [0.2, 0.25) is 0 Å². The van der Waals surface area contributed by atoms with Crippen molar-refractivity contribution < 1.29 is 19.2 Å². The first kappa shape index (κ1) is 21.8. The van der Waals surface area contributed by atoms with E-state index < -0.39 is 11.0 Å². The molecule has 160 valence electrons. The zero-order chi connectivity index (χ0) is 22.2. The molecule has 31 heavy (non-hydrogen) atoms. The largest absolute Gasteiger partial charge is 0.497 e. The molecule has 0 saturated heterocycles. The molecular formula is C24H24N2O5. The molecule has 3 aromatic carbocycles. The van der Waals surface area contributed by atoms with Gasteiger partial charge in [-0.25, -0.2) is 0 Å². The quantitative estimate of drug-likeness (QED) is 0.409. The number of carbonyl (C=O) groups excluding carboxylic acids is 1. The van der Waals surface area contributed by atoms with Gasteiger partial charge in [-0.05, 0) is 42.7 Å². The van der Waals surface area contributed by atoms with Crippen molar-refractivity contribution in [2.24, 2.45) is 0 Å². The molecule has 1 amide bonds. The highest BCUT2D eigenvalue weighted by atomic mass is 16.6. The standard InChI is InChI=1S/C24H24N2O5/c1-17(24(27)25-15-14-18-6-4-3-5-7-18)31-23-13-10-20(26(28)29)16-22(23)19-8-11-21(30-2)12-9-19/h3-13,16-17H,14-15H2,1-2H3,(H,25,27)/t17-/m1/s1. The Labute approximate surface area is 180 Å². The van der Waals surface area contributed by atoms with Crippen LogP contribution in [0.25, 0.3) is 11.1 Å². The molecule has 7 heteroatoms. The molecule has 0 aromatic heterocycles. The molecule has 0 saturated carbocycles. The van der Waals surface area contributed by atoms with E-state index in [9.17, 15) is 14.9 Å². The monoisotopic (exact) mass is 420 g/mol. The number of hydrogen-bond acceptors (Lipinski definition) is 5. The van der Waals surface area contributed by atoms with Crippen LogP contribution in [0.5, 0.6) is 11.5 Å². The second-order valence-electron chi connectivity index (χ2n) is 6.95. The first-order chi connectivity index (χ1) is 15.0. The van der Waals surface area contributed by atoms with Crippen molar-refractivity contribution in [1.29, 1.82) is 0 Å². The van der Waals surface area contributed by atoms with Crippen molar-refractivity contribution in [2.75, 3.05) is 13.7 Å². The smallest absolute Gasteiger partial charge is 0.270 e. The molecular weight excluding hydrogens is 396 g/mol. The normalized spacial score (nSPS) is 11.4. The molecule has 0 heterocycles. The minimum Gasteiger partial charge on any atom is -0.497 e. The highest BCUT2D eigenvalue weighted by Crippen LogP contribution is 2.35. The Balaban J connectivity index is 1.72. The predicted molar refractivity (Wildman–Crippen MR) is 118 cm³/mol. The van der Waals surface area contributed by atoms with E-state index in [1.54, 1.807) is 38.3 Å². The molecule has 1 N–H and O–H groups in total. The summed E-state index contributed by atoms with van der Waals surface area (Å²) in [6, 6.07) is 21.3. The fourth-order valence-electron chi connectivity index (χ4n) is 3.09. The Hall–Kier alpha value is -3.87. The third-order valence-corrected chi connectivity index (χ3v) is 4.80. The van der Waals surface area contributed by atoms with Gasteiger partial charge in [-0.1, -0.05) is 42.5 Å². The van der Waals surface area contributed by atoms with Crippen molar-refractivity contribution in [2.45, 2.75) is 19.4 Å². The van der Waals surface area contributed by atoms with Crippen LogP contribution in [0.2, 0.25) is 0 Å². The van der Waals surface area contributed by atoms with E-state index in [0.717, 1.165) is 11.1 Å². The lowest BCUT2D eigenvalue weighted by Gasteiger charge is -2.17. The number of nitrogens with one attached hydrogen (secondary N) is 1. The highest BCUT2D eigenvalue weighted by molar-refractivity contribution is 5.81. The molecule has 7 nitrogen and oxygen atoms in total. The maximum Gasteiger partial charge on any atom is 0.270 e. The van der Waals surface area contributed by atoms with Gasteiger partial charge in [0, 0.05) is 24.2 Å². The highest BCUT2D eigenvalue weighted by Gasteiger charge is 2.19. The Morgan fingerprint density at radius 2 is 1.77 bits per heavy atom. The van der Waals surface area contributed by atoms with Gasteiger partial charge >= 0.3 is 0 Å². The summed E-state index contributed by atoms with van der Waals surface area (Å²) in [7, 11) is 1.56. The number of ether oxygens (including phenoxy) is 2. The Kier molecular flexibility index (Phi) is 7.22. The molecule has 0 spiro atoms. The molecule has 0 aliphatic carbocycles. The number of nitro benzene ring substituents is 1. The molecule has 3 aromatic rings. The Bertz CT molecular complexity index is 1040. The lowest BCUT2D eigenvalue weighted by atomic mass is 10.0. The van der Waals surface area contributed by atoms with Crippen LogP contribution in [0.1, 0.15) is 12.5 Å². The van der Waals surface area contributed by atoms with Gasteiger partial charge in [-0.15, -0.1) is 0 Å². The number of benzene rings is 3. The van der Waals surface area contributed by atoms with Crippen molar-refractivity contribution in [3.05, 3.63) is 88.5 Å². The second kappa shape index (κ2) is 10.2. The minimum absolute atomic E-state index is 0.0573. The maximum atomic E-state index is 12.5. The average Bonchev–Trinajstić information content (AvgIpc) is 2.80. The summed E-state index contributed by atoms with van der Waals surface area (Å²) < 4.78 is 11.1. The van der Waals surface area contributed by atoms with E-state index in [-0.39, 0.29) is 11.6 Å². The first-order valence-electron chi connectivity index (χ1n) is 9.89. The minimum atomic E-state index is -0.769. The molecule has 0 fully saturated rings. The van der Waals surface area contributed by atoms with Gasteiger partial charge in [0.25, 0.3) is 11.6 Å². The van der Waals surface area contributed by atoms with Crippen LogP contribution in [0.3, 0.4) is 0 Å². The number of amides is 1. The molecule has 0 aliphatic rings. The molecule has 1 atom stereocenters. The van der Waals surface area contributed by atoms with E-state index in [4.69, 9.17) is 9.47 Å². The van der Waals surface area contributed by atoms with Crippen LogP contribution >= 0.6 is 0 Å². The topological polar surface area (TPSA) is 90.7 Å². The fourth-order valence-corrected chi connectivity index (χ4v) is 3.09. The van der Waals surface area contributed by atoms with Gasteiger partial charge < -0.3 is 14.8 Å². The predicted octanol–water partition coefficient (Wildman–Crippen LogP) is 4.40. The molecule has 3 rings (SSSR count). The summed E-state index contributed by atoms with van der Waals surface area (Å²) in [6.07, 6.45) is -0.0530. The van der Waals surface area contributed by atoms with Crippen molar-refractivity contribution in [3.8, 4) is 22.6 Å². The number of carbonyl (C=O) groups is 1. The number of nitro groups is 1. The number of hydrogen-bond donors (Lipinski definition) is 1. The molecule has 0 bridgehead atoms. The van der Waals surface area contributed by atoms with Gasteiger partial charge in [-0.2, -0.15) is 0 Å². The molecule has 0 aliphatic heterocycles. The molecule has 0 unspecified atom stereocenters. The third-order valence-electron chi connectivity index (χ3n) is 4.80. The number of non-ortho nitro benzene ring substituents is 1. The van der Waals surface area contributed by atoms with Crippen molar-refractivity contribution in [1.82, 2.24) is 5.32 Å². The van der Waals surface area contributed by atoms with Crippen LogP contribution in [0, 0.1) is 10.1 Å². The maximum absolute atomic E-state index is 12.5. The van der Waals surface area contributed by atoms with Crippen LogP contribution in [0.4, 0.5) is 5.69 Å². The third kappa shape index (κ3) is 5.82. The van der Waals surface area contributed by atoms with Crippen LogP contribution < -0.4 is 14.8 Å². The van der Waals surface area contributed by atoms with Crippen LogP contribution in [0.15, 0.2) is 72.8 Å². The van der Waals surface area contributed by atoms with Gasteiger partial charge in [-0.3, -0.25) is 14.9 Å². The summed E-state index contributed by atoms with van der Waals surface area (Å²) in [4.78, 5) is 23.3. The lowest BCUT2D eigenvalue weighted by Crippen LogP contribution is -2.37. The second-order valence-corrected chi connectivity index (χ2v) is 6.95. The summed E-state index contributed by atoms with van der Waals surface area (Å²) in [5.74, 6) is 0.805. The SMILES string of the molecule is COc1ccc(-c2cc([N+](=O)[O-])ccc2O[C@H](C)C(=O)NCCc2ccccc2)cc1. The summed E-state index contributed by atoms with van der Waals surface area (Å²) in [5.41, 5.74) is 2.32. The number of nitrogens with zero attached hydrogens (tertiary/aromatic N) is 1. The van der Waals surface area contributed by atoms with E-state index in [1.165, 1.54) is 18.2 Å². The Morgan fingerprint density at radius 3 is 2.42 bits per heavy atom. The fraction of sp³-hybridized carbons (Fsp3) is 0.208. The van der Waals surface area contributed by atoms with Gasteiger partial charge in [0.05, 0.1) is 12.0 Å². The first-order valence-corrected chi connectivity index (χ1v) is 9.89. The van der Waals surface area contributed by atoms with E-state index >= 15 is 0 Å². The number of rotatable bonds is 9. The van der Waals surface area contributed by atoms with E-state index in [0.29, 0.717) is 30.0 Å². The summed E-state index contributed by atoms with van der Waals surface area (Å²) in [5, 5.41) is 14.1. The van der Waals surface area contributed by atoms with Gasteiger partial charge in [0.15, 0.2) is 6.10 Å². The van der Waals surface area contributed by atoms with Crippen LogP contribution in [-0.2, 0) is 11.2 Å². The van der Waals surface area contributed by atoms with Crippen molar-refractivity contribution >= 4 is 11.6 Å². The zero-order valence-electron chi connectivity index (χ0n) is 17.4. The summed E-state index contributed by atoms with van der Waals surface area (Å²) in [6.45, 7) is 2.14.